The van der Waals surface area contributed by atoms with Crippen molar-refractivity contribution in [3.8, 4) is 0 Å². The quantitative estimate of drug-likeness (QED) is 0.739. The minimum atomic E-state index is -3.37. The van der Waals surface area contributed by atoms with Crippen molar-refractivity contribution in [2.45, 2.75) is 32.4 Å². The molecule has 1 fully saturated rings. The van der Waals surface area contributed by atoms with Gasteiger partial charge in [-0.1, -0.05) is 0 Å². The topological polar surface area (TPSA) is 95.0 Å². The van der Waals surface area contributed by atoms with E-state index in [1.807, 2.05) is 0 Å². The number of rotatable bonds is 3. The van der Waals surface area contributed by atoms with Crippen LogP contribution < -0.4 is 0 Å². The van der Waals surface area contributed by atoms with Gasteiger partial charge < -0.3 is 10.0 Å². The van der Waals surface area contributed by atoms with E-state index in [9.17, 15) is 18.0 Å². The largest absolute Gasteiger partial charge is 0.481 e. The molecule has 18 heavy (non-hydrogen) atoms. The standard InChI is InChI=1S/C10H18N2O5S/c1-7-5-11(18(3,16)17)6-9(4-10(14)15)12(7)8(2)13/h7,9H,4-6H2,1-3H3,(H,14,15)/t7-,9+/m1/s1. The van der Waals surface area contributed by atoms with Crippen molar-refractivity contribution < 1.29 is 23.1 Å². The first kappa shape index (κ1) is 14.9. The fraction of sp³-hybridized carbons (Fsp3) is 0.800. The fourth-order valence-corrected chi connectivity index (χ4v) is 3.27. The molecule has 1 saturated heterocycles. The molecular weight excluding hydrogens is 260 g/mol. The maximum atomic E-state index is 11.5. The van der Waals surface area contributed by atoms with Crippen molar-refractivity contribution in [2.24, 2.45) is 0 Å². The summed E-state index contributed by atoms with van der Waals surface area (Å²) in [6.07, 6.45) is 0.830. The van der Waals surface area contributed by atoms with Crippen LogP contribution in [0.25, 0.3) is 0 Å². The van der Waals surface area contributed by atoms with E-state index < -0.39 is 22.0 Å². The van der Waals surface area contributed by atoms with Crippen molar-refractivity contribution >= 4 is 21.9 Å². The van der Waals surface area contributed by atoms with Crippen LogP contribution in [0, 0.1) is 0 Å². The monoisotopic (exact) mass is 278 g/mol. The lowest BCUT2D eigenvalue weighted by atomic mass is 10.1. The Kier molecular flexibility index (Phi) is 4.33. The highest BCUT2D eigenvalue weighted by molar-refractivity contribution is 7.88. The summed E-state index contributed by atoms with van der Waals surface area (Å²) in [5.41, 5.74) is 0. The van der Waals surface area contributed by atoms with Crippen LogP contribution in [0.2, 0.25) is 0 Å². The molecule has 0 aromatic carbocycles. The van der Waals surface area contributed by atoms with Crippen LogP contribution in [0.3, 0.4) is 0 Å². The molecule has 0 saturated carbocycles. The highest BCUT2D eigenvalue weighted by Gasteiger charge is 2.37. The molecule has 0 aliphatic carbocycles. The average Bonchev–Trinajstić information content (AvgIpc) is 2.13. The smallest absolute Gasteiger partial charge is 0.305 e. The maximum absolute atomic E-state index is 11.5. The molecular formula is C10H18N2O5S. The van der Waals surface area contributed by atoms with Crippen LogP contribution in [0.4, 0.5) is 0 Å². The highest BCUT2D eigenvalue weighted by atomic mass is 32.2. The number of piperazine rings is 1. The summed E-state index contributed by atoms with van der Waals surface area (Å²) in [5.74, 6) is -1.28. The summed E-state index contributed by atoms with van der Waals surface area (Å²) in [6.45, 7) is 3.32. The number of carboxylic acids is 1. The Morgan fingerprint density at radius 1 is 1.33 bits per heavy atom. The van der Waals surface area contributed by atoms with Crippen LogP contribution in [0.1, 0.15) is 20.3 Å². The Bertz CT molecular complexity index is 447. The lowest BCUT2D eigenvalue weighted by Gasteiger charge is -2.43. The van der Waals surface area contributed by atoms with Gasteiger partial charge in [-0.2, -0.15) is 4.31 Å². The first-order valence-corrected chi connectivity index (χ1v) is 7.43. The average molecular weight is 278 g/mol. The zero-order chi connectivity index (χ0) is 14.1. The second-order valence-corrected chi connectivity index (χ2v) is 6.59. The molecule has 104 valence electrons. The van der Waals surface area contributed by atoms with Gasteiger partial charge in [0.15, 0.2) is 0 Å². The SMILES string of the molecule is CC(=O)N1[C@@H](CC(=O)O)CN(S(C)(=O)=O)C[C@H]1C. The van der Waals surface area contributed by atoms with E-state index in [4.69, 9.17) is 5.11 Å². The zero-order valence-corrected chi connectivity index (χ0v) is 11.5. The number of hydrogen-bond donors (Lipinski definition) is 1. The molecule has 0 aromatic rings. The second kappa shape index (κ2) is 5.23. The molecule has 0 bridgehead atoms. The number of carboxylic acid groups (broad SMARTS) is 1. The lowest BCUT2D eigenvalue weighted by molar-refractivity contribution is -0.143. The van der Waals surface area contributed by atoms with E-state index >= 15 is 0 Å². The van der Waals surface area contributed by atoms with Gasteiger partial charge in [-0.05, 0) is 6.92 Å². The van der Waals surface area contributed by atoms with E-state index in [1.165, 1.54) is 16.1 Å². The molecule has 8 heteroatoms. The second-order valence-electron chi connectivity index (χ2n) is 4.61. The third-order valence-corrected chi connectivity index (χ3v) is 4.23. The molecule has 0 spiro atoms. The number of carbonyl (C=O) groups is 2. The van der Waals surface area contributed by atoms with E-state index in [-0.39, 0.29) is 31.5 Å². The predicted octanol–water partition coefficient (Wildman–Crippen LogP) is -0.658. The Balaban J connectivity index is 2.98. The number of aliphatic carboxylic acids is 1. The zero-order valence-electron chi connectivity index (χ0n) is 10.7. The van der Waals surface area contributed by atoms with Gasteiger partial charge in [0, 0.05) is 26.1 Å². The molecule has 1 aliphatic rings. The normalized spacial score (nSPS) is 26.1. The molecule has 1 N–H and O–H groups in total. The fourth-order valence-electron chi connectivity index (χ4n) is 2.34. The van der Waals surface area contributed by atoms with Gasteiger partial charge in [0.05, 0.1) is 18.7 Å². The summed E-state index contributed by atoms with van der Waals surface area (Å²) >= 11 is 0. The number of sulfonamides is 1. The van der Waals surface area contributed by atoms with Crippen molar-refractivity contribution in [3.05, 3.63) is 0 Å². The Morgan fingerprint density at radius 3 is 2.28 bits per heavy atom. The van der Waals surface area contributed by atoms with Crippen LogP contribution in [-0.2, 0) is 19.6 Å². The molecule has 2 atom stereocenters. The Hall–Kier alpha value is -1.15. The van der Waals surface area contributed by atoms with Crippen molar-refractivity contribution in [1.82, 2.24) is 9.21 Å². The molecule has 1 aliphatic heterocycles. The summed E-state index contributed by atoms with van der Waals surface area (Å²) in [6, 6.07) is -0.936. The van der Waals surface area contributed by atoms with Gasteiger partial charge in [-0.25, -0.2) is 8.42 Å². The number of hydrogen-bond acceptors (Lipinski definition) is 4. The number of carbonyl (C=O) groups excluding carboxylic acids is 1. The molecule has 7 nitrogen and oxygen atoms in total. The van der Waals surface area contributed by atoms with Crippen LogP contribution in [-0.4, -0.2) is 66.0 Å². The first-order chi connectivity index (χ1) is 8.12. The van der Waals surface area contributed by atoms with Gasteiger partial charge in [0.1, 0.15) is 0 Å². The van der Waals surface area contributed by atoms with Gasteiger partial charge in [-0.15, -0.1) is 0 Å². The number of amides is 1. The predicted molar refractivity (Wildman–Crippen MR) is 64.4 cm³/mol. The van der Waals surface area contributed by atoms with Crippen molar-refractivity contribution in [3.63, 3.8) is 0 Å². The van der Waals surface area contributed by atoms with Crippen LogP contribution in [0.5, 0.6) is 0 Å². The Morgan fingerprint density at radius 2 is 1.89 bits per heavy atom. The highest BCUT2D eigenvalue weighted by Crippen LogP contribution is 2.20. The third-order valence-electron chi connectivity index (χ3n) is 2.99. The molecule has 0 unspecified atom stereocenters. The number of nitrogens with zero attached hydrogens (tertiary/aromatic N) is 2. The summed E-state index contributed by atoms with van der Waals surface area (Å²) in [5, 5.41) is 8.83. The van der Waals surface area contributed by atoms with Gasteiger partial charge in [-0.3, -0.25) is 9.59 Å². The van der Waals surface area contributed by atoms with E-state index in [2.05, 4.69) is 0 Å². The first-order valence-electron chi connectivity index (χ1n) is 5.58. The minimum absolute atomic E-state index is 0.0368. The van der Waals surface area contributed by atoms with Crippen molar-refractivity contribution in [2.75, 3.05) is 19.3 Å². The van der Waals surface area contributed by atoms with Gasteiger partial charge in [0.2, 0.25) is 15.9 Å². The molecule has 1 rings (SSSR count). The molecule has 1 amide bonds. The molecule has 0 aromatic heterocycles. The molecule has 1 heterocycles. The van der Waals surface area contributed by atoms with Crippen LogP contribution in [0.15, 0.2) is 0 Å². The minimum Gasteiger partial charge on any atom is -0.481 e. The summed E-state index contributed by atoms with van der Waals surface area (Å²) < 4.78 is 24.3. The third kappa shape index (κ3) is 3.42. The van der Waals surface area contributed by atoms with Gasteiger partial charge >= 0.3 is 5.97 Å². The maximum Gasteiger partial charge on any atom is 0.305 e. The summed E-state index contributed by atoms with van der Waals surface area (Å²) in [7, 11) is -3.37. The van der Waals surface area contributed by atoms with E-state index in [1.54, 1.807) is 6.92 Å². The van der Waals surface area contributed by atoms with E-state index in [0.29, 0.717) is 0 Å². The van der Waals surface area contributed by atoms with Crippen molar-refractivity contribution in [1.29, 1.82) is 0 Å². The lowest BCUT2D eigenvalue weighted by Crippen LogP contribution is -2.60. The van der Waals surface area contributed by atoms with Crippen LogP contribution >= 0.6 is 0 Å². The molecule has 0 radical (unpaired) electrons. The summed E-state index contributed by atoms with van der Waals surface area (Å²) in [4.78, 5) is 23.8. The Labute approximate surface area is 106 Å². The van der Waals surface area contributed by atoms with Gasteiger partial charge in [0.25, 0.3) is 0 Å². The van der Waals surface area contributed by atoms with E-state index in [0.717, 1.165) is 6.26 Å².